The second-order valence-corrected chi connectivity index (χ2v) is 7.69. The number of likely N-dealkylation sites (tertiary alicyclic amines) is 1. The number of imide groups is 1. The van der Waals surface area contributed by atoms with Gasteiger partial charge in [-0.05, 0) is 11.1 Å². The van der Waals surface area contributed by atoms with Crippen LogP contribution in [0.3, 0.4) is 0 Å². The Hall–Kier alpha value is -2.66. The van der Waals surface area contributed by atoms with Gasteiger partial charge in [0.1, 0.15) is 5.54 Å². The Kier molecular flexibility index (Phi) is 4.94. The van der Waals surface area contributed by atoms with E-state index in [0.29, 0.717) is 19.5 Å². The molecule has 0 bridgehead atoms. The van der Waals surface area contributed by atoms with E-state index in [-0.39, 0.29) is 11.9 Å². The number of nitrogens with zero attached hydrogens (tertiary/aromatic N) is 1. The van der Waals surface area contributed by atoms with Crippen molar-refractivity contribution in [3.05, 3.63) is 71.8 Å². The maximum atomic E-state index is 13.5. The molecule has 2 aromatic rings. The average Bonchev–Trinajstić information content (AvgIpc) is 3.27. The SMILES string of the molecule is O=C1NC(Cc2ccccc2)(Cc2ccccc2)C(=O)N1C[NH+]1CCCC1. The van der Waals surface area contributed by atoms with Crippen LogP contribution in [0.5, 0.6) is 0 Å². The van der Waals surface area contributed by atoms with Crippen molar-refractivity contribution >= 4 is 11.9 Å². The molecule has 0 aliphatic carbocycles. The van der Waals surface area contributed by atoms with E-state index in [9.17, 15) is 9.59 Å². The fourth-order valence-corrected chi connectivity index (χ4v) is 4.27. The molecule has 2 fully saturated rings. The number of hydrogen-bond donors (Lipinski definition) is 2. The van der Waals surface area contributed by atoms with Crippen LogP contribution in [0.1, 0.15) is 24.0 Å². The summed E-state index contributed by atoms with van der Waals surface area (Å²) in [5, 5.41) is 3.06. The quantitative estimate of drug-likeness (QED) is 0.762. The number of nitrogens with one attached hydrogen (secondary N) is 2. The number of amides is 3. The smallest absolute Gasteiger partial charge is 0.322 e. The minimum atomic E-state index is -0.918. The molecule has 27 heavy (non-hydrogen) atoms. The Labute approximate surface area is 160 Å². The highest BCUT2D eigenvalue weighted by molar-refractivity contribution is 6.07. The van der Waals surface area contributed by atoms with Gasteiger partial charge in [-0.2, -0.15) is 0 Å². The zero-order valence-electron chi connectivity index (χ0n) is 15.5. The lowest BCUT2D eigenvalue weighted by Gasteiger charge is -2.27. The van der Waals surface area contributed by atoms with Gasteiger partial charge >= 0.3 is 6.03 Å². The van der Waals surface area contributed by atoms with Gasteiger partial charge in [0.05, 0.1) is 13.1 Å². The van der Waals surface area contributed by atoms with E-state index in [0.717, 1.165) is 37.1 Å². The molecule has 0 aromatic heterocycles. The Morgan fingerprint density at radius 2 is 1.37 bits per heavy atom. The van der Waals surface area contributed by atoms with Crippen molar-refractivity contribution in [2.24, 2.45) is 0 Å². The van der Waals surface area contributed by atoms with E-state index in [1.807, 2.05) is 60.7 Å². The summed E-state index contributed by atoms with van der Waals surface area (Å²) in [5.74, 6) is -0.0976. The maximum absolute atomic E-state index is 13.5. The van der Waals surface area contributed by atoms with Crippen LogP contribution in [0.4, 0.5) is 4.79 Å². The number of hydrogen-bond acceptors (Lipinski definition) is 2. The van der Waals surface area contributed by atoms with Crippen LogP contribution in [0.2, 0.25) is 0 Å². The molecule has 0 radical (unpaired) electrons. The molecular formula is C22H26N3O2+. The predicted molar refractivity (Wildman–Crippen MR) is 103 cm³/mol. The van der Waals surface area contributed by atoms with Gasteiger partial charge < -0.3 is 10.2 Å². The van der Waals surface area contributed by atoms with Crippen molar-refractivity contribution in [1.82, 2.24) is 10.2 Å². The largest absolute Gasteiger partial charge is 0.329 e. The standard InChI is InChI=1S/C22H25N3O2/c26-20-22(15-18-9-3-1-4-10-18,16-19-11-5-2-6-12-19)23-21(27)25(20)17-24-13-7-8-14-24/h1-6,9-12H,7-8,13-17H2,(H,23,27)/p+1. The van der Waals surface area contributed by atoms with E-state index in [1.165, 1.54) is 9.80 Å². The molecule has 2 N–H and O–H groups in total. The molecule has 3 amide bonds. The predicted octanol–water partition coefficient (Wildman–Crippen LogP) is 1.40. The van der Waals surface area contributed by atoms with Crippen molar-refractivity contribution < 1.29 is 14.5 Å². The molecule has 5 heteroatoms. The van der Waals surface area contributed by atoms with Gasteiger partial charge in [0, 0.05) is 25.7 Å². The summed E-state index contributed by atoms with van der Waals surface area (Å²) in [6, 6.07) is 19.6. The lowest BCUT2D eigenvalue weighted by molar-refractivity contribution is -0.894. The Morgan fingerprint density at radius 3 is 1.89 bits per heavy atom. The van der Waals surface area contributed by atoms with Crippen molar-refractivity contribution in [3.8, 4) is 0 Å². The molecule has 0 spiro atoms. The lowest BCUT2D eigenvalue weighted by Crippen LogP contribution is -3.11. The zero-order valence-corrected chi connectivity index (χ0v) is 15.5. The first-order valence-corrected chi connectivity index (χ1v) is 9.72. The van der Waals surface area contributed by atoms with Gasteiger partial charge in [0.15, 0.2) is 6.67 Å². The summed E-state index contributed by atoms with van der Waals surface area (Å²) in [5.41, 5.74) is 1.19. The van der Waals surface area contributed by atoms with E-state index in [4.69, 9.17) is 0 Å². The van der Waals surface area contributed by atoms with Crippen molar-refractivity contribution in [1.29, 1.82) is 0 Å². The fourth-order valence-electron chi connectivity index (χ4n) is 4.27. The molecule has 4 rings (SSSR count). The molecule has 2 aromatic carbocycles. The van der Waals surface area contributed by atoms with E-state index < -0.39 is 5.54 Å². The second kappa shape index (κ2) is 7.53. The fraction of sp³-hybridized carbons (Fsp3) is 0.364. The van der Waals surface area contributed by atoms with Crippen LogP contribution in [-0.4, -0.2) is 42.1 Å². The monoisotopic (exact) mass is 364 g/mol. The van der Waals surface area contributed by atoms with Gasteiger partial charge in [0.25, 0.3) is 5.91 Å². The number of urea groups is 1. The summed E-state index contributed by atoms with van der Waals surface area (Å²) in [7, 11) is 0. The zero-order chi connectivity index (χ0) is 18.7. The summed E-state index contributed by atoms with van der Waals surface area (Å²) >= 11 is 0. The number of carbonyl (C=O) groups excluding carboxylic acids is 2. The summed E-state index contributed by atoms with van der Waals surface area (Å²) in [6.07, 6.45) is 3.33. The first kappa shape index (κ1) is 17.7. The van der Waals surface area contributed by atoms with Crippen LogP contribution in [0.15, 0.2) is 60.7 Å². The van der Waals surface area contributed by atoms with Crippen LogP contribution in [0, 0.1) is 0 Å². The van der Waals surface area contributed by atoms with E-state index in [2.05, 4.69) is 5.32 Å². The topological polar surface area (TPSA) is 53.9 Å². The van der Waals surface area contributed by atoms with Gasteiger partial charge in [-0.15, -0.1) is 0 Å². The Balaban J connectivity index is 1.62. The van der Waals surface area contributed by atoms with Crippen molar-refractivity contribution in [2.45, 2.75) is 31.2 Å². The molecule has 5 nitrogen and oxygen atoms in total. The van der Waals surface area contributed by atoms with Gasteiger partial charge in [-0.3, -0.25) is 4.79 Å². The average molecular weight is 364 g/mol. The minimum Gasteiger partial charge on any atom is -0.322 e. The summed E-state index contributed by atoms with van der Waals surface area (Å²) < 4.78 is 0. The van der Waals surface area contributed by atoms with E-state index >= 15 is 0 Å². The highest BCUT2D eigenvalue weighted by Gasteiger charge is 2.52. The summed E-state index contributed by atoms with van der Waals surface area (Å²) in [4.78, 5) is 29.0. The first-order chi connectivity index (χ1) is 13.2. The molecular weight excluding hydrogens is 338 g/mol. The molecule has 0 atom stereocenters. The van der Waals surface area contributed by atoms with Gasteiger partial charge in [-0.25, -0.2) is 9.69 Å². The third-order valence-corrected chi connectivity index (χ3v) is 5.64. The number of quaternary nitrogens is 1. The molecule has 2 heterocycles. The third-order valence-electron chi connectivity index (χ3n) is 5.64. The van der Waals surface area contributed by atoms with E-state index in [1.54, 1.807) is 0 Å². The lowest BCUT2D eigenvalue weighted by atomic mass is 9.84. The summed E-state index contributed by atoms with van der Waals surface area (Å²) in [6.45, 7) is 2.53. The molecule has 2 aliphatic heterocycles. The highest BCUT2D eigenvalue weighted by Crippen LogP contribution is 2.26. The van der Waals surface area contributed by atoms with Crippen LogP contribution in [-0.2, 0) is 17.6 Å². The molecule has 2 aliphatic rings. The van der Waals surface area contributed by atoms with Crippen molar-refractivity contribution in [3.63, 3.8) is 0 Å². The molecule has 0 saturated carbocycles. The van der Waals surface area contributed by atoms with Crippen molar-refractivity contribution in [2.75, 3.05) is 19.8 Å². The maximum Gasteiger partial charge on any atom is 0.329 e. The molecule has 0 unspecified atom stereocenters. The second-order valence-electron chi connectivity index (χ2n) is 7.69. The highest BCUT2D eigenvalue weighted by atomic mass is 16.2. The number of carbonyl (C=O) groups is 2. The molecule has 2 saturated heterocycles. The van der Waals surface area contributed by atoms with Crippen LogP contribution >= 0.6 is 0 Å². The van der Waals surface area contributed by atoms with Crippen LogP contribution < -0.4 is 10.2 Å². The van der Waals surface area contributed by atoms with Gasteiger partial charge in [-0.1, -0.05) is 60.7 Å². The number of benzene rings is 2. The Bertz CT molecular complexity index is 759. The normalized spacial score (nSPS) is 19.5. The number of rotatable bonds is 6. The third kappa shape index (κ3) is 3.74. The van der Waals surface area contributed by atoms with Crippen LogP contribution in [0.25, 0.3) is 0 Å². The van der Waals surface area contributed by atoms with Gasteiger partial charge in [0.2, 0.25) is 0 Å². The first-order valence-electron chi connectivity index (χ1n) is 9.72. The minimum absolute atomic E-state index is 0.0976. The molecule has 140 valence electrons. The Morgan fingerprint density at radius 1 is 0.852 bits per heavy atom.